The molecule has 0 spiro atoms. The van der Waals surface area contributed by atoms with Crippen molar-refractivity contribution in [3.8, 4) is 0 Å². The Balaban J connectivity index is 1.86. The fraction of sp³-hybridized carbons (Fsp3) is 0.438. The molecule has 4 rings (SSSR count). The van der Waals surface area contributed by atoms with Crippen LogP contribution < -0.4 is 4.90 Å². The highest BCUT2D eigenvalue weighted by atomic mass is 16.1. The quantitative estimate of drug-likeness (QED) is 0.759. The summed E-state index contributed by atoms with van der Waals surface area (Å²) in [5.74, 6) is 0.617. The van der Waals surface area contributed by atoms with Crippen molar-refractivity contribution in [2.45, 2.75) is 12.8 Å². The molecule has 0 amide bonds. The van der Waals surface area contributed by atoms with Crippen LogP contribution in [0.4, 0.5) is 5.69 Å². The van der Waals surface area contributed by atoms with Gasteiger partial charge in [-0.3, -0.25) is 4.79 Å². The summed E-state index contributed by atoms with van der Waals surface area (Å²) in [7, 11) is 4.06. The van der Waals surface area contributed by atoms with E-state index in [1.165, 1.54) is 5.69 Å². The lowest BCUT2D eigenvalue weighted by atomic mass is 9.84. The first-order chi connectivity index (χ1) is 9.15. The highest BCUT2D eigenvalue weighted by molar-refractivity contribution is 6.01. The van der Waals surface area contributed by atoms with E-state index < -0.39 is 0 Å². The Morgan fingerprint density at radius 1 is 1.16 bits per heavy atom. The SMILES string of the molecule is CN(C)c1ccc(/C=C2/C(=O)C3CCN2CC3)cc1. The molecule has 2 bridgehead atoms. The van der Waals surface area contributed by atoms with Gasteiger partial charge in [-0.05, 0) is 36.6 Å². The van der Waals surface area contributed by atoms with E-state index in [1.54, 1.807) is 0 Å². The number of piperidine rings is 3. The summed E-state index contributed by atoms with van der Waals surface area (Å²) in [4.78, 5) is 16.6. The minimum absolute atomic E-state index is 0.275. The highest BCUT2D eigenvalue weighted by Gasteiger charge is 2.36. The summed E-state index contributed by atoms with van der Waals surface area (Å²) >= 11 is 0. The molecular weight excluding hydrogens is 236 g/mol. The summed E-state index contributed by atoms with van der Waals surface area (Å²) in [6.07, 6.45) is 4.12. The van der Waals surface area contributed by atoms with Crippen LogP contribution in [0.3, 0.4) is 0 Å². The summed E-state index contributed by atoms with van der Waals surface area (Å²) in [5, 5.41) is 0. The van der Waals surface area contributed by atoms with Gasteiger partial charge in [0.1, 0.15) is 0 Å². The molecule has 0 atom stereocenters. The number of hydrogen-bond acceptors (Lipinski definition) is 3. The molecule has 0 aliphatic carbocycles. The molecule has 0 saturated carbocycles. The smallest absolute Gasteiger partial charge is 0.182 e. The van der Waals surface area contributed by atoms with E-state index >= 15 is 0 Å². The molecule has 3 saturated heterocycles. The van der Waals surface area contributed by atoms with Crippen molar-refractivity contribution in [1.82, 2.24) is 4.90 Å². The standard InChI is InChI=1S/C16H20N2O/c1-17(2)14-5-3-12(4-6-14)11-15-16(19)13-7-9-18(15)10-8-13/h3-6,11,13H,7-10H2,1-2H3/b15-11-. The molecule has 3 nitrogen and oxygen atoms in total. The Kier molecular flexibility index (Phi) is 3.05. The zero-order valence-corrected chi connectivity index (χ0v) is 11.6. The molecule has 3 aliphatic rings. The van der Waals surface area contributed by atoms with E-state index in [0.29, 0.717) is 5.78 Å². The van der Waals surface area contributed by atoms with Crippen LogP contribution in [-0.4, -0.2) is 37.9 Å². The molecule has 0 aromatic heterocycles. The average molecular weight is 256 g/mol. The summed E-state index contributed by atoms with van der Waals surface area (Å²) in [6, 6.07) is 8.35. The van der Waals surface area contributed by atoms with E-state index in [0.717, 1.165) is 37.2 Å². The molecule has 100 valence electrons. The number of ketones is 1. The monoisotopic (exact) mass is 256 g/mol. The van der Waals surface area contributed by atoms with Gasteiger partial charge >= 0.3 is 0 Å². The molecule has 1 aromatic carbocycles. The van der Waals surface area contributed by atoms with Crippen LogP contribution in [0.5, 0.6) is 0 Å². The first-order valence-corrected chi connectivity index (χ1v) is 6.93. The largest absolute Gasteiger partial charge is 0.378 e. The molecule has 1 aromatic rings. The second-order valence-corrected chi connectivity index (χ2v) is 5.64. The van der Waals surface area contributed by atoms with Crippen molar-refractivity contribution < 1.29 is 4.79 Å². The number of anilines is 1. The number of hydrogen-bond donors (Lipinski definition) is 0. The van der Waals surface area contributed by atoms with E-state index in [1.807, 2.05) is 20.2 Å². The highest BCUT2D eigenvalue weighted by Crippen LogP contribution is 2.32. The minimum Gasteiger partial charge on any atom is -0.378 e. The number of Topliss-reactive ketones (excluding diaryl/α,β-unsaturated/α-hetero) is 1. The predicted molar refractivity (Wildman–Crippen MR) is 78.1 cm³/mol. The Hall–Kier alpha value is -1.77. The zero-order valence-electron chi connectivity index (χ0n) is 11.6. The number of fused-ring (bicyclic) bond motifs is 3. The third kappa shape index (κ3) is 2.25. The van der Waals surface area contributed by atoms with Crippen LogP contribution in [0.2, 0.25) is 0 Å². The van der Waals surface area contributed by atoms with Crippen molar-refractivity contribution in [2.75, 3.05) is 32.1 Å². The maximum Gasteiger partial charge on any atom is 0.182 e. The molecule has 0 unspecified atom stereocenters. The number of nitrogens with zero attached hydrogens (tertiary/aromatic N) is 2. The van der Waals surface area contributed by atoms with Crippen molar-refractivity contribution in [2.24, 2.45) is 5.92 Å². The third-order valence-corrected chi connectivity index (χ3v) is 4.17. The summed E-state index contributed by atoms with van der Waals surface area (Å²) < 4.78 is 0. The van der Waals surface area contributed by atoms with Crippen LogP contribution in [0, 0.1) is 5.92 Å². The Labute approximate surface area is 114 Å². The summed E-state index contributed by atoms with van der Waals surface area (Å²) in [6.45, 7) is 2.08. The Bertz CT molecular complexity index is 508. The van der Waals surface area contributed by atoms with Crippen LogP contribution in [0.15, 0.2) is 30.0 Å². The van der Waals surface area contributed by atoms with Gasteiger partial charge in [0.2, 0.25) is 0 Å². The molecule has 3 fully saturated rings. The second-order valence-electron chi connectivity index (χ2n) is 5.64. The normalized spacial score (nSPS) is 21.3. The molecular formula is C16H20N2O. The molecule has 0 N–H and O–H groups in total. The average Bonchev–Trinajstić information content (AvgIpc) is 2.44. The molecule has 0 radical (unpaired) electrons. The fourth-order valence-corrected chi connectivity index (χ4v) is 2.94. The minimum atomic E-state index is 0.275. The lowest BCUT2D eigenvalue weighted by molar-refractivity contribution is -0.125. The molecule has 3 aliphatic heterocycles. The number of carbonyl (C=O) groups excluding carboxylic acids is 1. The number of benzene rings is 1. The number of allylic oxidation sites excluding steroid dienone is 1. The van der Waals surface area contributed by atoms with Gasteiger partial charge in [-0.2, -0.15) is 0 Å². The van der Waals surface area contributed by atoms with E-state index in [-0.39, 0.29) is 5.92 Å². The third-order valence-electron chi connectivity index (χ3n) is 4.17. The molecule has 3 heteroatoms. The van der Waals surface area contributed by atoms with E-state index in [2.05, 4.69) is 34.1 Å². The van der Waals surface area contributed by atoms with E-state index in [4.69, 9.17) is 0 Å². The maximum atomic E-state index is 12.2. The van der Waals surface area contributed by atoms with Gasteiger partial charge in [-0.25, -0.2) is 0 Å². The lowest BCUT2D eigenvalue weighted by Gasteiger charge is -2.41. The van der Waals surface area contributed by atoms with Gasteiger partial charge in [-0.15, -0.1) is 0 Å². The van der Waals surface area contributed by atoms with Gasteiger partial charge in [0.05, 0.1) is 5.70 Å². The molecule has 3 heterocycles. The van der Waals surface area contributed by atoms with Crippen LogP contribution in [0.1, 0.15) is 18.4 Å². The van der Waals surface area contributed by atoms with Crippen LogP contribution in [-0.2, 0) is 4.79 Å². The van der Waals surface area contributed by atoms with Gasteiger partial charge in [0.15, 0.2) is 5.78 Å². The molecule has 19 heavy (non-hydrogen) atoms. The fourth-order valence-electron chi connectivity index (χ4n) is 2.94. The topological polar surface area (TPSA) is 23.6 Å². The van der Waals surface area contributed by atoms with Crippen molar-refractivity contribution >= 4 is 17.5 Å². The van der Waals surface area contributed by atoms with Crippen molar-refractivity contribution in [3.05, 3.63) is 35.5 Å². The van der Waals surface area contributed by atoms with Crippen LogP contribution in [0.25, 0.3) is 6.08 Å². The van der Waals surface area contributed by atoms with Gasteiger partial charge < -0.3 is 9.80 Å². The first kappa shape index (κ1) is 12.3. The van der Waals surface area contributed by atoms with Crippen LogP contribution >= 0.6 is 0 Å². The van der Waals surface area contributed by atoms with Gasteiger partial charge in [-0.1, -0.05) is 12.1 Å². The van der Waals surface area contributed by atoms with Crippen molar-refractivity contribution in [1.29, 1.82) is 0 Å². The summed E-state index contributed by atoms with van der Waals surface area (Å²) in [5.41, 5.74) is 3.21. The van der Waals surface area contributed by atoms with Gasteiger partial charge in [0.25, 0.3) is 0 Å². The Morgan fingerprint density at radius 3 is 2.32 bits per heavy atom. The Morgan fingerprint density at radius 2 is 1.79 bits per heavy atom. The maximum absolute atomic E-state index is 12.2. The predicted octanol–water partition coefficient (Wildman–Crippen LogP) is 2.39. The number of rotatable bonds is 2. The zero-order chi connectivity index (χ0) is 13.4. The van der Waals surface area contributed by atoms with E-state index in [9.17, 15) is 4.79 Å². The van der Waals surface area contributed by atoms with Gasteiger partial charge in [0, 0.05) is 38.8 Å². The lowest BCUT2D eigenvalue weighted by Crippen LogP contribution is -2.45. The van der Waals surface area contributed by atoms with Crippen molar-refractivity contribution in [3.63, 3.8) is 0 Å². The second kappa shape index (κ2) is 4.72. The first-order valence-electron chi connectivity index (χ1n) is 6.93. The number of carbonyl (C=O) groups is 1.